The van der Waals surface area contributed by atoms with Crippen molar-refractivity contribution in [2.24, 2.45) is 11.1 Å². The number of amides is 1. The number of rotatable bonds is 7. The molecule has 1 aliphatic heterocycles. The standard InChI is InChI=1S/C17H23N3O2/c1-4-8-20(17(21)9-13(2)3)12-15-10-16(19-22-15)14-6-5-7-18-11-14/h4-7,11,13,15H,1,8-10,12H2,2-3H3/t15-/m1/s1. The first-order valence-corrected chi connectivity index (χ1v) is 7.62. The average Bonchev–Trinajstić information content (AvgIpc) is 2.95. The molecule has 0 N–H and O–H groups in total. The molecule has 118 valence electrons. The van der Waals surface area contributed by atoms with Gasteiger partial charge in [-0.15, -0.1) is 6.58 Å². The molecule has 0 spiro atoms. The predicted octanol–water partition coefficient (Wildman–Crippen LogP) is 2.64. The van der Waals surface area contributed by atoms with Crippen LogP contribution < -0.4 is 0 Å². The van der Waals surface area contributed by atoms with E-state index < -0.39 is 0 Å². The van der Waals surface area contributed by atoms with Crippen molar-refractivity contribution in [3.63, 3.8) is 0 Å². The molecule has 0 aromatic carbocycles. The van der Waals surface area contributed by atoms with E-state index >= 15 is 0 Å². The smallest absolute Gasteiger partial charge is 0.223 e. The second-order valence-electron chi connectivity index (χ2n) is 5.90. The average molecular weight is 301 g/mol. The van der Waals surface area contributed by atoms with Crippen molar-refractivity contribution in [1.82, 2.24) is 9.88 Å². The minimum atomic E-state index is -0.105. The Balaban J connectivity index is 1.93. The summed E-state index contributed by atoms with van der Waals surface area (Å²) in [4.78, 5) is 23.6. The number of hydrogen-bond acceptors (Lipinski definition) is 4. The van der Waals surface area contributed by atoms with Gasteiger partial charge in [-0.2, -0.15) is 0 Å². The molecule has 0 saturated heterocycles. The number of hydrogen-bond donors (Lipinski definition) is 0. The number of pyridine rings is 1. The van der Waals surface area contributed by atoms with Crippen molar-refractivity contribution in [2.45, 2.75) is 32.8 Å². The van der Waals surface area contributed by atoms with Gasteiger partial charge in [0.05, 0.1) is 12.3 Å². The second-order valence-corrected chi connectivity index (χ2v) is 5.90. The zero-order chi connectivity index (χ0) is 15.9. The summed E-state index contributed by atoms with van der Waals surface area (Å²) in [6, 6.07) is 3.84. The van der Waals surface area contributed by atoms with Crippen LogP contribution >= 0.6 is 0 Å². The highest BCUT2D eigenvalue weighted by Gasteiger charge is 2.26. The van der Waals surface area contributed by atoms with Crippen LogP contribution in [-0.2, 0) is 9.63 Å². The number of oxime groups is 1. The highest BCUT2D eigenvalue weighted by molar-refractivity contribution is 6.01. The highest BCUT2D eigenvalue weighted by atomic mass is 16.6. The summed E-state index contributed by atoms with van der Waals surface area (Å²) in [5.74, 6) is 0.472. The molecule has 2 rings (SSSR count). The minimum absolute atomic E-state index is 0.105. The molecule has 5 heteroatoms. The summed E-state index contributed by atoms with van der Waals surface area (Å²) in [6.45, 7) is 8.88. The summed E-state index contributed by atoms with van der Waals surface area (Å²) in [5, 5.41) is 4.13. The van der Waals surface area contributed by atoms with E-state index in [0.717, 1.165) is 11.3 Å². The van der Waals surface area contributed by atoms with Crippen molar-refractivity contribution in [3.8, 4) is 0 Å². The fourth-order valence-corrected chi connectivity index (χ4v) is 2.39. The van der Waals surface area contributed by atoms with Gasteiger partial charge < -0.3 is 9.74 Å². The van der Waals surface area contributed by atoms with Gasteiger partial charge in [-0.3, -0.25) is 9.78 Å². The van der Waals surface area contributed by atoms with Gasteiger partial charge in [-0.1, -0.05) is 25.1 Å². The quantitative estimate of drug-likeness (QED) is 0.728. The highest BCUT2D eigenvalue weighted by Crippen LogP contribution is 2.18. The van der Waals surface area contributed by atoms with Gasteiger partial charge in [0.25, 0.3) is 0 Å². The molecule has 0 saturated carbocycles. The molecule has 1 aromatic rings. The Morgan fingerprint density at radius 2 is 2.41 bits per heavy atom. The van der Waals surface area contributed by atoms with Crippen LogP contribution in [0.1, 0.15) is 32.3 Å². The maximum Gasteiger partial charge on any atom is 0.223 e. The van der Waals surface area contributed by atoms with E-state index in [1.54, 1.807) is 23.4 Å². The number of carbonyl (C=O) groups excluding carboxylic acids is 1. The van der Waals surface area contributed by atoms with Crippen LogP contribution in [0.2, 0.25) is 0 Å². The van der Waals surface area contributed by atoms with Crippen molar-refractivity contribution in [3.05, 3.63) is 42.7 Å². The molecule has 0 unspecified atom stereocenters. The molecular weight excluding hydrogens is 278 g/mol. The Morgan fingerprint density at radius 3 is 3.05 bits per heavy atom. The number of carbonyl (C=O) groups is 1. The molecule has 5 nitrogen and oxygen atoms in total. The van der Waals surface area contributed by atoms with E-state index in [1.807, 2.05) is 26.0 Å². The van der Waals surface area contributed by atoms with Crippen molar-refractivity contribution >= 4 is 11.6 Å². The first-order valence-electron chi connectivity index (χ1n) is 7.62. The Labute approximate surface area is 131 Å². The van der Waals surface area contributed by atoms with Gasteiger partial charge in [0.2, 0.25) is 5.91 Å². The summed E-state index contributed by atoms with van der Waals surface area (Å²) < 4.78 is 0. The Hall–Kier alpha value is -2.17. The topological polar surface area (TPSA) is 54.8 Å². The first-order chi connectivity index (χ1) is 10.6. The summed E-state index contributed by atoms with van der Waals surface area (Å²) in [5.41, 5.74) is 1.85. The summed E-state index contributed by atoms with van der Waals surface area (Å²) in [7, 11) is 0. The third kappa shape index (κ3) is 4.41. The third-order valence-corrected chi connectivity index (χ3v) is 3.44. The van der Waals surface area contributed by atoms with E-state index in [2.05, 4.69) is 16.7 Å². The zero-order valence-electron chi connectivity index (χ0n) is 13.2. The lowest BCUT2D eigenvalue weighted by molar-refractivity contribution is -0.133. The maximum absolute atomic E-state index is 12.3. The fraction of sp³-hybridized carbons (Fsp3) is 0.471. The Morgan fingerprint density at radius 1 is 1.59 bits per heavy atom. The third-order valence-electron chi connectivity index (χ3n) is 3.44. The van der Waals surface area contributed by atoms with Crippen LogP contribution in [0, 0.1) is 5.92 Å². The van der Waals surface area contributed by atoms with Crippen LogP contribution in [0.15, 0.2) is 42.3 Å². The molecule has 1 aliphatic rings. The predicted molar refractivity (Wildman–Crippen MR) is 86.5 cm³/mol. The van der Waals surface area contributed by atoms with Crippen LogP contribution in [0.25, 0.3) is 0 Å². The Bertz CT molecular complexity index is 540. The van der Waals surface area contributed by atoms with Gasteiger partial charge in [-0.25, -0.2) is 0 Å². The fourth-order valence-electron chi connectivity index (χ4n) is 2.39. The molecular formula is C17H23N3O2. The van der Waals surface area contributed by atoms with E-state index in [-0.39, 0.29) is 12.0 Å². The molecule has 0 bridgehead atoms. The van der Waals surface area contributed by atoms with Gasteiger partial charge in [0, 0.05) is 37.3 Å². The van der Waals surface area contributed by atoms with Crippen LogP contribution in [-0.4, -0.2) is 40.7 Å². The SMILES string of the molecule is C=CCN(C[C@H]1CC(c2cccnc2)=NO1)C(=O)CC(C)C. The van der Waals surface area contributed by atoms with Crippen molar-refractivity contribution in [1.29, 1.82) is 0 Å². The number of nitrogens with zero attached hydrogens (tertiary/aromatic N) is 3. The lowest BCUT2D eigenvalue weighted by Crippen LogP contribution is -2.38. The van der Waals surface area contributed by atoms with E-state index in [0.29, 0.717) is 31.8 Å². The molecule has 22 heavy (non-hydrogen) atoms. The maximum atomic E-state index is 12.3. The van der Waals surface area contributed by atoms with Crippen LogP contribution in [0.5, 0.6) is 0 Å². The van der Waals surface area contributed by atoms with Crippen molar-refractivity contribution in [2.75, 3.05) is 13.1 Å². The lowest BCUT2D eigenvalue weighted by atomic mass is 10.1. The minimum Gasteiger partial charge on any atom is -0.390 e. The van der Waals surface area contributed by atoms with Crippen molar-refractivity contribution < 1.29 is 9.63 Å². The normalized spacial score (nSPS) is 17.0. The van der Waals surface area contributed by atoms with Gasteiger partial charge in [0.1, 0.15) is 0 Å². The molecule has 1 amide bonds. The summed E-state index contributed by atoms with van der Waals surface area (Å²) >= 11 is 0. The van der Waals surface area contributed by atoms with Crippen LogP contribution in [0.4, 0.5) is 0 Å². The van der Waals surface area contributed by atoms with E-state index in [9.17, 15) is 4.79 Å². The molecule has 0 aliphatic carbocycles. The van der Waals surface area contributed by atoms with Crippen LogP contribution in [0.3, 0.4) is 0 Å². The largest absolute Gasteiger partial charge is 0.390 e. The monoisotopic (exact) mass is 301 g/mol. The summed E-state index contributed by atoms with van der Waals surface area (Å²) in [6.07, 6.45) is 6.37. The molecule has 0 fully saturated rings. The molecule has 2 heterocycles. The second kappa shape index (κ2) is 7.73. The van der Waals surface area contributed by atoms with E-state index in [1.165, 1.54) is 0 Å². The number of aromatic nitrogens is 1. The van der Waals surface area contributed by atoms with E-state index in [4.69, 9.17) is 4.84 Å². The lowest BCUT2D eigenvalue weighted by Gasteiger charge is -2.24. The molecule has 0 radical (unpaired) electrons. The first kappa shape index (κ1) is 16.2. The molecule has 1 aromatic heterocycles. The van der Waals surface area contributed by atoms with Gasteiger partial charge in [-0.05, 0) is 18.1 Å². The van der Waals surface area contributed by atoms with Gasteiger partial charge >= 0.3 is 0 Å². The zero-order valence-corrected chi connectivity index (χ0v) is 13.2. The van der Waals surface area contributed by atoms with Gasteiger partial charge in [0.15, 0.2) is 6.10 Å². The molecule has 1 atom stereocenters. The Kier molecular flexibility index (Phi) is 5.69.